The third-order valence-corrected chi connectivity index (χ3v) is 3.31. The Kier molecular flexibility index (Phi) is 6.47. The first-order valence-corrected chi connectivity index (χ1v) is 7.31. The van der Waals surface area contributed by atoms with Crippen molar-refractivity contribution in [1.29, 1.82) is 0 Å². The van der Waals surface area contributed by atoms with E-state index in [1.807, 2.05) is 0 Å². The molecule has 0 saturated carbocycles. The molecular weight excluding hydrogens is 329 g/mol. The molecule has 0 bridgehead atoms. The number of halogens is 4. The number of alkyl halides is 3. The molecule has 0 aliphatic carbocycles. The Morgan fingerprint density at radius 3 is 2.71 bits per heavy atom. The van der Waals surface area contributed by atoms with Crippen LogP contribution < -0.4 is 11.1 Å². The molecule has 0 unspecified atom stereocenters. The van der Waals surface area contributed by atoms with Crippen molar-refractivity contribution < 1.29 is 22.7 Å². The molecule has 4 nitrogen and oxygen atoms in total. The molecule has 0 heterocycles. The van der Waals surface area contributed by atoms with Crippen molar-refractivity contribution in [2.24, 2.45) is 0 Å². The first kappa shape index (κ1) is 17.8. The highest BCUT2D eigenvalue weighted by Crippen LogP contribution is 2.32. The van der Waals surface area contributed by atoms with E-state index in [1.165, 1.54) is 12.1 Å². The Morgan fingerprint density at radius 2 is 2.14 bits per heavy atom. The quantitative estimate of drug-likeness (QED) is 0.468. The summed E-state index contributed by atoms with van der Waals surface area (Å²) in [6.07, 6.45) is 0. The van der Waals surface area contributed by atoms with E-state index in [2.05, 4.69) is 5.32 Å². The summed E-state index contributed by atoms with van der Waals surface area (Å²) in [5.41, 5.74) is 1.88. The molecule has 0 radical (unpaired) electrons. The number of anilines is 2. The zero-order valence-corrected chi connectivity index (χ0v) is 12.7. The Balaban J connectivity index is 2.82. The standard InChI is InChI=1S/C12H14ClF3N2O2S/c1-2-20-11(19)8-5-7(17)6-9(13)10(8)18-3-4-21-12(14,15)16/h5-6,18H,2-4,17H2,1H3. The molecule has 0 aliphatic heterocycles. The molecule has 1 aromatic rings. The molecular formula is C12H14ClF3N2O2S. The number of hydrogen-bond donors (Lipinski definition) is 2. The predicted octanol–water partition coefficient (Wildman–Crippen LogP) is 3.76. The summed E-state index contributed by atoms with van der Waals surface area (Å²) >= 11 is 5.81. The molecule has 21 heavy (non-hydrogen) atoms. The van der Waals surface area contributed by atoms with Crippen molar-refractivity contribution in [3.63, 3.8) is 0 Å². The number of nitrogen functional groups attached to an aromatic ring is 1. The maximum atomic E-state index is 12.0. The summed E-state index contributed by atoms with van der Waals surface area (Å²) in [4.78, 5) is 11.8. The van der Waals surface area contributed by atoms with Gasteiger partial charge in [-0.15, -0.1) is 0 Å². The van der Waals surface area contributed by atoms with Crippen molar-refractivity contribution in [2.75, 3.05) is 30.0 Å². The number of rotatable bonds is 6. The molecule has 0 fully saturated rings. The third kappa shape index (κ3) is 5.92. The highest BCUT2D eigenvalue weighted by atomic mass is 35.5. The summed E-state index contributed by atoms with van der Waals surface area (Å²) < 4.78 is 41.0. The molecule has 0 amide bonds. The SMILES string of the molecule is CCOC(=O)c1cc(N)cc(Cl)c1NCCSC(F)(F)F. The second kappa shape index (κ2) is 7.65. The maximum Gasteiger partial charge on any atom is 0.441 e. The molecule has 0 spiro atoms. The zero-order chi connectivity index (χ0) is 16.0. The molecule has 9 heteroatoms. The molecule has 0 aliphatic rings. The fourth-order valence-corrected chi connectivity index (χ4v) is 2.25. The van der Waals surface area contributed by atoms with Gasteiger partial charge in [-0.1, -0.05) is 11.6 Å². The number of benzene rings is 1. The van der Waals surface area contributed by atoms with Gasteiger partial charge in [-0.3, -0.25) is 0 Å². The van der Waals surface area contributed by atoms with E-state index in [4.69, 9.17) is 22.1 Å². The maximum absolute atomic E-state index is 12.0. The van der Waals surface area contributed by atoms with Crippen LogP contribution in [0, 0.1) is 0 Å². The van der Waals surface area contributed by atoms with Gasteiger partial charge in [0.1, 0.15) is 0 Å². The average Bonchev–Trinajstić information content (AvgIpc) is 2.34. The van der Waals surface area contributed by atoms with Crippen LogP contribution in [0.2, 0.25) is 5.02 Å². The Labute approximate surface area is 129 Å². The van der Waals surface area contributed by atoms with Gasteiger partial charge in [0.2, 0.25) is 0 Å². The number of esters is 1. The lowest BCUT2D eigenvalue weighted by molar-refractivity contribution is -0.0327. The van der Waals surface area contributed by atoms with Gasteiger partial charge in [0.05, 0.1) is 22.9 Å². The monoisotopic (exact) mass is 342 g/mol. The van der Waals surface area contributed by atoms with E-state index in [0.29, 0.717) is 0 Å². The van der Waals surface area contributed by atoms with Crippen LogP contribution in [-0.4, -0.2) is 30.4 Å². The van der Waals surface area contributed by atoms with Crippen LogP contribution in [0.1, 0.15) is 17.3 Å². The summed E-state index contributed by atoms with van der Waals surface area (Å²) in [7, 11) is 0. The summed E-state index contributed by atoms with van der Waals surface area (Å²) in [5.74, 6) is -0.857. The molecule has 118 valence electrons. The van der Waals surface area contributed by atoms with Crippen LogP contribution in [0.5, 0.6) is 0 Å². The Bertz CT molecular complexity index is 512. The van der Waals surface area contributed by atoms with Gasteiger partial charge < -0.3 is 15.8 Å². The van der Waals surface area contributed by atoms with Crippen molar-refractivity contribution in [3.05, 3.63) is 22.7 Å². The minimum absolute atomic E-state index is 0.0137. The van der Waals surface area contributed by atoms with Gasteiger partial charge in [-0.25, -0.2) is 4.79 Å². The molecule has 0 atom stereocenters. The topological polar surface area (TPSA) is 64.3 Å². The van der Waals surface area contributed by atoms with E-state index >= 15 is 0 Å². The largest absolute Gasteiger partial charge is 0.462 e. The van der Waals surface area contributed by atoms with E-state index < -0.39 is 11.5 Å². The predicted molar refractivity (Wildman–Crippen MR) is 78.8 cm³/mol. The number of ether oxygens (including phenoxy) is 1. The van der Waals surface area contributed by atoms with Gasteiger partial charge in [-0.2, -0.15) is 13.2 Å². The molecule has 1 aromatic carbocycles. The second-order valence-corrected chi connectivity index (χ2v) is 5.43. The van der Waals surface area contributed by atoms with Crippen LogP contribution in [0.25, 0.3) is 0 Å². The fraction of sp³-hybridized carbons (Fsp3) is 0.417. The Morgan fingerprint density at radius 1 is 1.48 bits per heavy atom. The van der Waals surface area contributed by atoms with Gasteiger partial charge >= 0.3 is 11.5 Å². The Hall–Kier alpha value is -1.28. The van der Waals surface area contributed by atoms with Crippen LogP contribution in [-0.2, 0) is 4.74 Å². The fourth-order valence-electron chi connectivity index (χ4n) is 1.52. The minimum atomic E-state index is -4.30. The smallest absolute Gasteiger partial charge is 0.441 e. The second-order valence-electron chi connectivity index (χ2n) is 3.87. The van der Waals surface area contributed by atoms with Gasteiger partial charge in [0.25, 0.3) is 0 Å². The van der Waals surface area contributed by atoms with E-state index in [-0.39, 0.29) is 52.6 Å². The van der Waals surface area contributed by atoms with Crippen LogP contribution in [0.15, 0.2) is 12.1 Å². The number of thioether (sulfide) groups is 1. The molecule has 1 rings (SSSR count). The third-order valence-electron chi connectivity index (χ3n) is 2.28. The molecule has 0 saturated heterocycles. The van der Waals surface area contributed by atoms with E-state index in [0.717, 1.165) is 0 Å². The average molecular weight is 343 g/mol. The first-order valence-electron chi connectivity index (χ1n) is 5.95. The summed E-state index contributed by atoms with van der Waals surface area (Å²) in [6.45, 7) is 1.79. The van der Waals surface area contributed by atoms with Crippen LogP contribution in [0.3, 0.4) is 0 Å². The van der Waals surface area contributed by atoms with Crippen LogP contribution >= 0.6 is 23.4 Å². The van der Waals surface area contributed by atoms with Crippen molar-refractivity contribution in [3.8, 4) is 0 Å². The number of nitrogens with two attached hydrogens (primary N) is 1. The van der Waals surface area contributed by atoms with Crippen LogP contribution in [0.4, 0.5) is 24.5 Å². The first-order chi connectivity index (χ1) is 9.74. The minimum Gasteiger partial charge on any atom is -0.462 e. The molecule has 0 aromatic heterocycles. The summed E-state index contributed by atoms with van der Waals surface area (Å²) in [6, 6.07) is 2.77. The zero-order valence-electron chi connectivity index (χ0n) is 11.1. The van der Waals surface area contributed by atoms with Gasteiger partial charge in [-0.05, 0) is 30.8 Å². The van der Waals surface area contributed by atoms with E-state index in [9.17, 15) is 18.0 Å². The number of carbonyl (C=O) groups excluding carboxylic acids is 1. The molecule has 3 N–H and O–H groups in total. The lowest BCUT2D eigenvalue weighted by Crippen LogP contribution is -2.14. The highest BCUT2D eigenvalue weighted by molar-refractivity contribution is 8.00. The van der Waals surface area contributed by atoms with E-state index in [1.54, 1.807) is 6.92 Å². The summed E-state index contributed by atoms with van der Waals surface area (Å²) in [5, 5.41) is 2.86. The van der Waals surface area contributed by atoms with Gasteiger partial charge in [0.15, 0.2) is 0 Å². The van der Waals surface area contributed by atoms with Crippen molar-refractivity contribution >= 4 is 40.7 Å². The van der Waals surface area contributed by atoms with Crippen molar-refractivity contribution in [2.45, 2.75) is 12.4 Å². The normalized spacial score (nSPS) is 11.3. The van der Waals surface area contributed by atoms with Crippen molar-refractivity contribution in [1.82, 2.24) is 0 Å². The van der Waals surface area contributed by atoms with Gasteiger partial charge in [0, 0.05) is 18.0 Å². The highest BCUT2D eigenvalue weighted by Gasteiger charge is 2.27. The lowest BCUT2D eigenvalue weighted by Gasteiger charge is -2.14. The lowest BCUT2D eigenvalue weighted by atomic mass is 10.1. The number of carbonyl (C=O) groups is 1. The number of hydrogen-bond acceptors (Lipinski definition) is 5. The number of nitrogens with one attached hydrogen (secondary N) is 1.